The van der Waals surface area contributed by atoms with Gasteiger partial charge >= 0.3 is 6.09 Å². The molecule has 0 aromatic heterocycles. The lowest BCUT2D eigenvalue weighted by molar-refractivity contribution is 0.0508. The molecule has 1 aromatic rings. The Morgan fingerprint density at radius 3 is 2.53 bits per heavy atom. The lowest BCUT2D eigenvalue weighted by Gasteiger charge is -2.22. The minimum Gasteiger partial charge on any atom is -0.495 e. The summed E-state index contributed by atoms with van der Waals surface area (Å²) in [6, 6.07) is 5.21. The summed E-state index contributed by atoms with van der Waals surface area (Å²) >= 11 is 0. The van der Waals surface area contributed by atoms with E-state index in [0.717, 1.165) is 5.56 Å². The number of methoxy groups -OCH3 is 1. The maximum Gasteiger partial charge on any atom is 0.408 e. The van der Waals surface area contributed by atoms with Crippen LogP contribution in [-0.2, 0) is 4.74 Å². The third-order valence-electron chi connectivity index (χ3n) is 2.49. The van der Waals surface area contributed by atoms with Gasteiger partial charge in [0, 0.05) is 0 Å². The molecule has 1 rings (SSSR count). The van der Waals surface area contributed by atoms with E-state index in [0.29, 0.717) is 11.4 Å². The van der Waals surface area contributed by atoms with Gasteiger partial charge in [-0.3, -0.25) is 0 Å². The van der Waals surface area contributed by atoms with Crippen LogP contribution in [0, 0.1) is 0 Å². The fraction of sp³-hybridized carbons (Fsp3) is 0.500. The van der Waals surface area contributed by atoms with Crippen molar-refractivity contribution in [2.24, 2.45) is 0 Å². The van der Waals surface area contributed by atoms with Crippen molar-refractivity contribution in [3.05, 3.63) is 23.8 Å². The Bertz CT molecular complexity index is 452. The molecular weight excluding hydrogens is 244 g/mol. The summed E-state index contributed by atoms with van der Waals surface area (Å²) in [5, 5.41) is 2.77. The fourth-order valence-corrected chi connectivity index (χ4v) is 1.56. The molecule has 0 aliphatic rings. The summed E-state index contributed by atoms with van der Waals surface area (Å²) in [5.41, 5.74) is 6.70. The van der Waals surface area contributed by atoms with Crippen LogP contribution in [0.3, 0.4) is 0 Å². The highest BCUT2D eigenvalue weighted by Gasteiger charge is 2.18. The zero-order valence-corrected chi connectivity index (χ0v) is 12.1. The molecule has 0 saturated carbocycles. The molecule has 0 spiro atoms. The van der Waals surface area contributed by atoms with E-state index >= 15 is 0 Å². The van der Waals surface area contributed by atoms with Gasteiger partial charge in [-0.15, -0.1) is 0 Å². The number of anilines is 1. The Labute approximate surface area is 114 Å². The van der Waals surface area contributed by atoms with Crippen LogP contribution < -0.4 is 15.8 Å². The first kappa shape index (κ1) is 15.1. The second-order valence-electron chi connectivity index (χ2n) is 5.37. The van der Waals surface area contributed by atoms with Crippen molar-refractivity contribution in [1.82, 2.24) is 5.32 Å². The summed E-state index contributed by atoms with van der Waals surface area (Å²) in [7, 11) is 1.56. The first-order valence-electron chi connectivity index (χ1n) is 6.16. The van der Waals surface area contributed by atoms with E-state index in [-0.39, 0.29) is 6.04 Å². The molecule has 0 radical (unpaired) electrons. The molecule has 3 N–H and O–H groups in total. The maximum absolute atomic E-state index is 11.7. The van der Waals surface area contributed by atoms with Gasteiger partial charge in [-0.05, 0) is 45.4 Å². The Hall–Kier alpha value is -1.91. The molecule has 5 heteroatoms. The van der Waals surface area contributed by atoms with Crippen LogP contribution in [0.2, 0.25) is 0 Å². The Morgan fingerprint density at radius 1 is 1.37 bits per heavy atom. The third kappa shape index (κ3) is 4.69. The largest absolute Gasteiger partial charge is 0.495 e. The van der Waals surface area contributed by atoms with Crippen LogP contribution in [0.1, 0.15) is 39.3 Å². The molecule has 1 aromatic carbocycles. The first-order valence-corrected chi connectivity index (χ1v) is 6.16. The lowest BCUT2D eigenvalue weighted by atomic mass is 10.1. The van der Waals surface area contributed by atoms with E-state index in [9.17, 15) is 4.79 Å². The number of benzene rings is 1. The standard InChI is InChI=1S/C14H22N2O3/c1-9(16-13(17)19-14(2,3)4)10-6-7-11(15)12(8-10)18-5/h6-9H,15H2,1-5H3,(H,16,17). The highest BCUT2D eigenvalue weighted by molar-refractivity contribution is 5.68. The lowest BCUT2D eigenvalue weighted by Crippen LogP contribution is -2.34. The molecule has 1 atom stereocenters. The van der Waals surface area contributed by atoms with Crippen molar-refractivity contribution in [2.45, 2.75) is 39.3 Å². The van der Waals surface area contributed by atoms with E-state index in [2.05, 4.69) is 5.32 Å². The monoisotopic (exact) mass is 266 g/mol. The first-order chi connectivity index (χ1) is 8.73. The molecule has 0 fully saturated rings. The minimum atomic E-state index is -0.511. The number of carbonyl (C=O) groups is 1. The summed E-state index contributed by atoms with van der Waals surface area (Å²) < 4.78 is 10.4. The van der Waals surface area contributed by atoms with Crippen molar-refractivity contribution in [1.29, 1.82) is 0 Å². The van der Waals surface area contributed by atoms with Gasteiger partial charge in [0.15, 0.2) is 0 Å². The number of hydrogen-bond donors (Lipinski definition) is 2. The van der Waals surface area contributed by atoms with Crippen molar-refractivity contribution in [3.63, 3.8) is 0 Å². The van der Waals surface area contributed by atoms with Crippen LogP contribution in [0.4, 0.5) is 10.5 Å². The highest BCUT2D eigenvalue weighted by Crippen LogP contribution is 2.25. The van der Waals surface area contributed by atoms with Crippen LogP contribution in [0.15, 0.2) is 18.2 Å². The summed E-state index contributed by atoms with van der Waals surface area (Å²) in [6.07, 6.45) is -0.448. The topological polar surface area (TPSA) is 73.6 Å². The number of alkyl carbamates (subject to hydrolysis) is 1. The second kappa shape index (κ2) is 5.82. The number of hydrogen-bond acceptors (Lipinski definition) is 4. The van der Waals surface area contributed by atoms with Gasteiger partial charge in [-0.2, -0.15) is 0 Å². The predicted molar refractivity (Wildman–Crippen MR) is 75.2 cm³/mol. The van der Waals surface area contributed by atoms with Gasteiger partial charge < -0.3 is 20.5 Å². The van der Waals surface area contributed by atoms with E-state index in [1.165, 1.54) is 0 Å². The normalized spacial score (nSPS) is 12.7. The molecule has 19 heavy (non-hydrogen) atoms. The average molecular weight is 266 g/mol. The fourth-order valence-electron chi connectivity index (χ4n) is 1.56. The second-order valence-corrected chi connectivity index (χ2v) is 5.37. The number of ether oxygens (including phenoxy) is 2. The van der Waals surface area contributed by atoms with Crippen LogP contribution in [0.25, 0.3) is 0 Å². The van der Waals surface area contributed by atoms with Gasteiger partial charge in [-0.1, -0.05) is 6.07 Å². The quantitative estimate of drug-likeness (QED) is 0.825. The zero-order chi connectivity index (χ0) is 14.6. The molecule has 106 valence electrons. The van der Waals surface area contributed by atoms with E-state index < -0.39 is 11.7 Å². The summed E-state index contributed by atoms with van der Waals surface area (Å²) in [4.78, 5) is 11.7. The molecule has 0 bridgehead atoms. The molecule has 1 unspecified atom stereocenters. The van der Waals surface area contributed by atoms with Crippen molar-refractivity contribution in [2.75, 3.05) is 12.8 Å². The number of rotatable bonds is 3. The van der Waals surface area contributed by atoms with E-state index in [1.807, 2.05) is 33.8 Å². The molecular formula is C14H22N2O3. The molecule has 0 aliphatic heterocycles. The zero-order valence-electron chi connectivity index (χ0n) is 12.1. The maximum atomic E-state index is 11.7. The van der Waals surface area contributed by atoms with Crippen LogP contribution in [0.5, 0.6) is 5.75 Å². The number of nitrogens with one attached hydrogen (secondary N) is 1. The summed E-state index contributed by atoms with van der Waals surface area (Å²) in [5.74, 6) is 0.593. The Morgan fingerprint density at radius 2 is 2.00 bits per heavy atom. The average Bonchev–Trinajstić information content (AvgIpc) is 2.26. The molecule has 1 amide bonds. The molecule has 5 nitrogen and oxygen atoms in total. The van der Waals surface area contributed by atoms with Crippen molar-refractivity contribution < 1.29 is 14.3 Å². The predicted octanol–water partition coefficient (Wildman–Crippen LogP) is 2.86. The molecule has 0 saturated heterocycles. The molecule has 0 heterocycles. The van der Waals surface area contributed by atoms with Gasteiger partial charge in [0.25, 0.3) is 0 Å². The third-order valence-corrected chi connectivity index (χ3v) is 2.49. The smallest absolute Gasteiger partial charge is 0.408 e. The number of carbonyl (C=O) groups excluding carboxylic acids is 1. The number of amides is 1. The van der Waals surface area contributed by atoms with Crippen LogP contribution in [-0.4, -0.2) is 18.8 Å². The number of nitrogen functional groups attached to an aromatic ring is 1. The van der Waals surface area contributed by atoms with Crippen molar-refractivity contribution in [3.8, 4) is 5.75 Å². The minimum absolute atomic E-state index is 0.190. The van der Waals surface area contributed by atoms with E-state index in [1.54, 1.807) is 19.2 Å². The Kier molecular flexibility index (Phi) is 4.64. The van der Waals surface area contributed by atoms with Crippen molar-refractivity contribution >= 4 is 11.8 Å². The number of nitrogens with two attached hydrogens (primary N) is 1. The van der Waals surface area contributed by atoms with Gasteiger partial charge in [0.2, 0.25) is 0 Å². The van der Waals surface area contributed by atoms with Gasteiger partial charge in [-0.25, -0.2) is 4.79 Å². The van der Waals surface area contributed by atoms with Crippen LogP contribution >= 0.6 is 0 Å². The summed E-state index contributed by atoms with van der Waals surface area (Å²) in [6.45, 7) is 7.34. The SMILES string of the molecule is COc1cc(C(C)NC(=O)OC(C)(C)C)ccc1N. The highest BCUT2D eigenvalue weighted by atomic mass is 16.6. The Balaban J connectivity index is 2.73. The van der Waals surface area contributed by atoms with Gasteiger partial charge in [0.1, 0.15) is 11.4 Å². The van der Waals surface area contributed by atoms with E-state index in [4.69, 9.17) is 15.2 Å². The van der Waals surface area contributed by atoms with Gasteiger partial charge in [0.05, 0.1) is 18.8 Å². The molecule has 0 aliphatic carbocycles.